The van der Waals surface area contributed by atoms with Crippen LogP contribution in [0.3, 0.4) is 0 Å². The second kappa shape index (κ2) is 12.5. The van der Waals surface area contributed by atoms with Gasteiger partial charge in [-0.05, 0) is 62.0 Å². The third-order valence-electron chi connectivity index (χ3n) is 5.92. The number of amides is 2. The van der Waals surface area contributed by atoms with Crippen LogP contribution >= 0.6 is 11.3 Å². The van der Waals surface area contributed by atoms with E-state index in [0.717, 1.165) is 30.1 Å². The lowest BCUT2D eigenvalue weighted by Crippen LogP contribution is -2.57. The lowest BCUT2D eigenvalue weighted by molar-refractivity contribution is -0.127. The van der Waals surface area contributed by atoms with Crippen LogP contribution in [-0.4, -0.2) is 44.3 Å². The second-order valence-corrected chi connectivity index (χ2v) is 11.7. The fraction of sp³-hybridized carbons (Fsp3) is 0.520. The van der Waals surface area contributed by atoms with E-state index < -0.39 is 27.0 Å². The van der Waals surface area contributed by atoms with Crippen molar-refractivity contribution in [1.82, 2.24) is 10.2 Å². The zero-order valence-corrected chi connectivity index (χ0v) is 21.6. The number of carbonyl (C=O) groups excluding carboxylic acids is 2. The average Bonchev–Trinajstić information content (AvgIpc) is 3.31. The van der Waals surface area contributed by atoms with Crippen molar-refractivity contribution in [2.75, 3.05) is 13.1 Å². The van der Waals surface area contributed by atoms with E-state index in [1.807, 2.05) is 42.6 Å². The molecule has 3 rings (SSSR count). The van der Waals surface area contributed by atoms with E-state index in [0.29, 0.717) is 12.2 Å². The Kier molecular flexibility index (Phi) is 9.67. The Bertz CT molecular complexity index is 976. The number of rotatable bonds is 12. The van der Waals surface area contributed by atoms with Gasteiger partial charge in [0.1, 0.15) is 11.1 Å². The minimum atomic E-state index is -1.91. The first-order chi connectivity index (χ1) is 16.3. The molecule has 2 heterocycles. The molecular weight excluding hydrogens is 470 g/mol. The van der Waals surface area contributed by atoms with Crippen molar-refractivity contribution in [3.05, 3.63) is 52.2 Å². The standard InChI is InChI=1S/C25H35N3O4S2/c1-3-12-25(24(26)30,34(31)19(2)27-23(29)17-22-11-8-15-33-22)32-21-10-7-9-20(16-21)18-28-13-5-4-6-14-28/h7-11,15-16,19H,3-6,12-14,17-18H2,1-2H3,(H2,26,30)(H,27,29). The summed E-state index contributed by atoms with van der Waals surface area (Å²) in [6.45, 7) is 6.43. The fourth-order valence-electron chi connectivity index (χ4n) is 4.26. The summed E-state index contributed by atoms with van der Waals surface area (Å²) in [4.78, 5) is 26.7. The van der Waals surface area contributed by atoms with Gasteiger partial charge in [0.05, 0.1) is 17.2 Å². The first-order valence-corrected chi connectivity index (χ1v) is 14.0. The molecule has 0 spiro atoms. The van der Waals surface area contributed by atoms with Crippen molar-refractivity contribution in [2.45, 2.75) is 69.2 Å². The Hall–Kier alpha value is -2.23. The molecular formula is C25H35N3O4S2. The molecule has 0 radical (unpaired) electrons. The Balaban J connectivity index is 1.75. The highest BCUT2D eigenvalue weighted by Crippen LogP contribution is 2.29. The maximum Gasteiger partial charge on any atom is 0.275 e. The minimum absolute atomic E-state index is 0.177. The van der Waals surface area contributed by atoms with Gasteiger partial charge < -0.3 is 15.8 Å². The molecule has 186 valence electrons. The molecule has 1 aliphatic rings. The highest BCUT2D eigenvalue weighted by atomic mass is 32.2. The number of nitrogens with two attached hydrogens (primary N) is 1. The van der Waals surface area contributed by atoms with Crippen molar-refractivity contribution in [3.63, 3.8) is 0 Å². The molecule has 1 aliphatic heterocycles. The number of hydrogen-bond donors (Lipinski definition) is 2. The second-order valence-electron chi connectivity index (χ2n) is 8.72. The predicted octanol–water partition coefficient (Wildman–Crippen LogP) is 3.55. The molecule has 3 unspecified atom stereocenters. The van der Waals surface area contributed by atoms with E-state index in [4.69, 9.17) is 10.5 Å². The van der Waals surface area contributed by atoms with Crippen LogP contribution in [0.5, 0.6) is 5.75 Å². The number of piperidine rings is 1. The van der Waals surface area contributed by atoms with Crippen molar-refractivity contribution < 1.29 is 18.5 Å². The van der Waals surface area contributed by atoms with Gasteiger partial charge in [0.15, 0.2) is 0 Å². The average molecular weight is 506 g/mol. The Morgan fingerprint density at radius 2 is 2.00 bits per heavy atom. The molecule has 3 atom stereocenters. The normalized spacial score (nSPS) is 17.9. The lowest BCUT2D eigenvalue weighted by atomic mass is 10.1. The molecule has 9 heteroatoms. The molecule has 0 bridgehead atoms. The molecule has 1 saturated heterocycles. The minimum Gasteiger partial charge on any atom is -0.464 e. The Labute approximate surface area is 208 Å². The van der Waals surface area contributed by atoms with Crippen LogP contribution in [0.25, 0.3) is 0 Å². The zero-order valence-electron chi connectivity index (χ0n) is 20.0. The monoisotopic (exact) mass is 505 g/mol. The predicted molar refractivity (Wildman–Crippen MR) is 137 cm³/mol. The summed E-state index contributed by atoms with van der Waals surface area (Å²) in [6, 6.07) is 11.3. The summed E-state index contributed by atoms with van der Waals surface area (Å²) in [5, 5.41) is 3.84. The van der Waals surface area contributed by atoms with Gasteiger partial charge in [0, 0.05) is 17.8 Å². The number of nitrogens with one attached hydrogen (secondary N) is 1. The maximum atomic E-state index is 13.6. The smallest absolute Gasteiger partial charge is 0.275 e. The largest absolute Gasteiger partial charge is 0.464 e. The Morgan fingerprint density at radius 1 is 1.24 bits per heavy atom. The van der Waals surface area contributed by atoms with Crippen LogP contribution in [0.2, 0.25) is 0 Å². The van der Waals surface area contributed by atoms with E-state index >= 15 is 0 Å². The molecule has 2 amide bonds. The van der Waals surface area contributed by atoms with E-state index in [-0.39, 0.29) is 18.7 Å². The molecule has 1 aromatic carbocycles. The summed E-state index contributed by atoms with van der Waals surface area (Å²) in [6.07, 6.45) is 4.58. The van der Waals surface area contributed by atoms with E-state index in [1.165, 1.54) is 30.6 Å². The molecule has 7 nitrogen and oxygen atoms in total. The molecule has 1 aromatic heterocycles. The molecule has 2 aromatic rings. The van der Waals surface area contributed by atoms with Crippen LogP contribution in [0.15, 0.2) is 41.8 Å². The third-order valence-corrected chi connectivity index (χ3v) is 8.69. The number of hydrogen-bond acceptors (Lipinski definition) is 6. The number of benzene rings is 1. The molecule has 3 N–H and O–H groups in total. The number of ether oxygens (including phenoxy) is 1. The molecule has 0 aliphatic carbocycles. The third kappa shape index (κ3) is 6.90. The number of nitrogens with zero attached hydrogens (tertiary/aromatic N) is 1. The van der Waals surface area contributed by atoms with Gasteiger partial charge in [-0.25, -0.2) is 0 Å². The summed E-state index contributed by atoms with van der Waals surface area (Å²) in [5.74, 6) is -0.609. The van der Waals surface area contributed by atoms with Gasteiger partial charge in [0.2, 0.25) is 5.91 Å². The van der Waals surface area contributed by atoms with Crippen LogP contribution in [0.1, 0.15) is 56.4 Å². The van der Waals surface area contributed by atoms with Gasteiger partial charge in [-0.3, -0.25) is 18.7 Å². The number of likely N-dealkylation sites (tertiary alicyclic amines) is 1. The van der Waals surface area contributed by atoms with E-state index in [9.17, 15) is 13.8 Å². The zero-order chi connectivity index (χ0) is 24.6. The Morgan fingerprint density at radius 3 is 2.65 bits per heavy atom. The topological polar surface area (TPSA) is 102 Å². The quantitative estimate of drug-likeness (QED) is 0.459. The van der Waals surface area contributed by atoms with Gasteiger partial charge in [-0.1, -0.05) is 38.0 Å². The van der Waals surface area contributed by atoms with Gasteiger partial charge in [0.25, 0.3) is 10.8 Å². The number of carbonyl (C=O) groups is 2. The van der Waals surface area contributed by atoms with Crippen LogP contribution < -0.4 is 15.8 Å². The maximum absolute atomic E-state index is 13.6. The lowest BCUT2D eigenvalue weighted by Gasteiger charge is -2.33. The highest BCUT2D eigenvalue weighted by molar-refractivity contribution is 7.87. The van der Waals surface area contributed by atoms with E-state index in [2.05, 4.69) is 10.2 Å². The highest BCUT2D eigenvalue weighted by Gasteiger charge is 2.47. The van der Waals surface area contributed by atoms with Gasteiger partial charge in [-0.2, -0.15) is 0 Å². The summed E-state index contributed by atoms with van der Waals surface area (Å²) < 4.78 is 19.8. The van der Waals surface area contributed by atoms with Crippen molar-refractivity contribution >= 4 is 34.0 Å². The van der Waals surface area contributed by atoms with Gasteiger partial charge >= 0.3 is 0 Å². The summed E-state index contributed by atoms with van der Waals surface area (Å²) in [7, 11) is -1.91. The van der Waals surface area contributed by atoms with E-state index in [1.54, 1.807) is 13.0 Å². The molecule has 34 heavy (non-hydrogen) atoms. The first-order valence-electron chi connectivity index (χ1n) is 11.9. The number of primary amides is 1. The van der Waals surface area contributed by atoms with Crippen LogP contribution in [0.4, 0.5) is 0 Å². The van der Waals surface area contributed by atoms with Gasteiger partial charge in [-0.15, -0.1) is 11.3 Å². The van der Waals surface area contributed by atoms with Crippen LogP contribution in [-0.2, 0) is 33.4 Å². The van der Waals surface area contributed by atoms with Crippen molar-refractivity contribution in [2.24, 2.45) is 5.73 Å². The van der Waals surface area contributed by atoms with Crippen molar-refractivity contribution in [1.29, 1.82) is 0 Å². The summed E-state index contributed by atoms with van der Waals surface area (Å²) >= 11 is 1.48. The van der Waals surface area contributed by atoms with Crippen molar-refractivity contribution in [3.8, 4) is 5.75 Å². The molecule has 0 saturated carbocycles. The fourth-order valence-corrected chi connectivity index (χ4v) is 6.55. The first kappa shape index (κ1) is 26.4. The van der Waals surface area contributed by atoms with Crippen LogP contribution in [0, 0.1) is 0 Å². The number of thiophene rings is 1. The summed E-state index contributed by atoms with van der Waals surface area (Å²) in [5.41, 5.74) is 6.86. The SMILES string of the molecule is CCCC(Oc1cccc(CN2CCCCC2)c1)(C(N)=O)S(=O)C(C)NC(=O)Cc1cccs1. The molecule has 1 fully saturated rings.